The third kappa shape index (κ3) is 2.36. The zero-order chi connectivity index (χ0) is 8.43. The lowest BCUT2D eigenvalue weighted by atomic mass is 10.2. The summed E-state index contributed by atoms with van der Waals surface area (Å²) in [5.74, 6) is -0.0285. The Morgan fingerprint density at radius 3 is 2.67 bits per heavy atom. The molecule has 0 aliphatic heterocycles. The zero-order valence-electron chi connectivity index (χ0n) is 6.47. The number of nitrogens with two attached hydrogens (primary N) is 1. The first-order chi connectivity index (χ1) is 5.11. The smallest absolute Gasteiger partial charge is 0.142 e. The highest BCUT2D eigenvalue weighted by Gasteiger charge is 2.02. The Kier molecular flexibility index (Phi) is 4.00. The SMILES string of the molecule is Cc1cc(Cl)cnc1C(=N)N.Cl. The molecular weight excluding hydrogens is 197 g/mol. The van der Waals surface area contributed by atoms with Crippen LogP contribution in [0.5, 0.6) is 0 Å². The van der Waals surface area contributed by atoms with Gasteiger partial charge >= 0.3 is 0 Å². The molecule has 3 nitrogen and oxygen atoms in total. The van der Waals surface area contributed by atoms with Crippen molar-refractivity contribution >= 4 is 29.8 Å². The topological polar surface area (TPSA) is 62.8 Å². The number of amidine groups is 1. The highest BCUT2D eigenvalue weighted by Crippen LogP contribution is 2.11. The van der Waals surface area contributed by atoms with Gasteiger partial charge in [0.15, 0.2) is 0 Å². The van der Waals surface area contributed by atoms with E-state index >= 15 is 0 Å². The van der Waals surface area contributed by atoms with Crippen LogP contribution in [0, 0.1) is 12.3 Å². The van der Waals surface area contributed by atoms with Crippen LogP contribution in [0.3, 0.4) is 0 Å². The second-order valence-corrected chi connectivity index (χ2v) is 2.67. The first kappa shape index (κ1) is 11.2. The van der Waals surface area contributed by atoms with E-state index in [2.05, 4.69) is 4.98 Å². The number of aromatic nitrogens is 1. The Morgan fingerprint density at radius 1 is 1.67 bits per heavy atom. The van der Waals surface area contributed by atoms with Gasteiger partial charge in [-0.2, -0.15) is 0 Å². The Bertz CT molecular complexity index is 299. The van der Waals surface area contributed by atoms with E-state index in [1.165, 1.54) is 6.20 Å². The summed E-state index contributed by atoms with van der Waals surface area (Å²) in [7, 11) is 0. The highest BCUT2D eigenvalue weighted by molar-refractivity contribution is 6.30. The molecule has 12 heavy (non-hydrogen) atoms. The van der Waals surface area contributed by atoms with Gasteiger partial charge in [0.2, 0.25) is 0 Å². The summed E-state index contributed by atoms with van der Waals surface area (Å²) in [6.07, 6.45) is 1.48. The van der Waals surface area contributed by atoms with Gasteiger partial charge < -0.3 is 5.73 Å². The lowest BCUT2D eigenvalue weighted by molar-refractivity contribution is 1.21. The molecule has 0 amide bonds. The van der Waals surface area contributed by atoms with Crippen LogP contribution in [0.15, 0.2) is 12.3 Å². The van der Waals surface area contributed by atoms with Gasteiger partial charge in [-0.1, -0.05) is 11.6 Å². The minimum Gasteiger partial charge on any atom is -0.382 e. The average Bonchev–Trinajstić information content (AvgIpc) is 1.85. The summed E-state index contributed by atoms with van der Waals surface area (Å²) in [5.41, 5.74) is 6.56. The third-order valence-corrected chi connectivity index (χ3v) is 1.51. The van der Waals surface area contributed by atoms with Gasteiger partial charge in [-0.05, 0) is 18.6 Å². The summed E-state index contributed by atoms with van der Waals surface area (Å²) < 4.78 is 0. The number of rotatable bonds is 1. The maximum atomic E-state index is 7.12. The van der Waals surface area contributed by atoms with Crippen molar-refractivity contribution in [1.82, 2.24) is 4.98 Å². The van der Waals surface area contributed by atoms with Crippen LogP contribution < -0.4 is 5.73 Å². The van der Waals surface area contributed by atoms with Gasteiger partial charge in [-0.3, -0.25) is 10.4 Å². The Morgan fingerprint density at radius 2 is 2.25 bits per heavy atom. The molecule has 1 aromatic rings. The third-order valence-electron chi connectivity index (χ3n) is 1.30. The van der Waals surface area contributed by atoms with Gasteiger partial charge in [0, 0.05) is 6.20 Å². The number of pyridine rings is 1. The van der Waals surface area contributed by atoms with Crippen molar-refractivity contribution in [3.05, 3.63) is 28.5 Å². The molecule has 66 valence electrons. The average molecular weight is 206 g/mol. The van der Waals surface area contributed by atoms with E-state index in [9.17, 15) is 0 Å². The fourth-order valence-corrected chi connectivity index (χ4v) is 1.03. The van der Waals surface area contributed by atoms with Crippen LogP contribution in [0.25, 0.3) is 0 Å². The first-order valence-corrected chi connectivity index (χ1v) is 3.45. The lowest BCUT2D eigenvalue weighted by Crippen LogP contribution is -2.14. The highest BCUT2D eigenvalue weighted by atomic mass is 35.5. The monoisotopic (exact) mass is 205 g/mol. The standard InChI is InChI=1S/C7H8ClN3.ClH/c1-4-2-5(8)3-11-6(4)7(9)10;/h2-3H,1H3,(H3,9,10);1H. The molecule has 0 saturated carbocycles. The van der Waals surface area contributed by atoms with Gasteiger partial charge in [-0.15, -0.1) is 12.4 Å². The maximum Gasteiger partial charge on any atom is 0.142 e. The molecule has 0 atom stereocenters. The summed E-state index contributed by atoms with van der Waals surface area (Å²) in [5, 5.41) is 7.68. The summed E-state index contributed by atoms with van der Waals surface area (Å²) >= 11 is 5.65. The van der Waals surface area contributed by atoms with Crippen LogP contribution in [0.1, 0.15) is 11.3 Å². The van der Waals surface area contributed by atoms with Crippen LogP contribution >= 0.6 is 24.0 Å². The quantitative estimate of drug-likeness (QED) is 0.543. The normalized spacial score (nSPS) is 8.83. The molecule has 1 heterocycles. The van der Waals surface area contributed by atoms with Crippen LogP contribution in [0.4, 0.5) is 0 Å². The molecule has 0 spiro atoms. The van der Waals surface area contributed by atoms with Crippen molar-refractivity contribution in [2.45, 2.75) is 6.92 Å². The minimum atomic E-state index is -0.0285. The summed E-state index contributed by atoms with van der Waals surface area (Å²) in [6, 6.07) is 1.73. The molecular formula is C7H9Cl2N3. The molecule has 3 N–H and O–H groups in total. The largest absolute Gasteiger partial charge is 0.382 e. The maximum absolute atomic E-state index is 7.12. The minimum absolute atomic E-state index is 0. The molecule has 0 radical (unpaired) electrons. The van der Waals surface area contributed by atoms with E-state index in [0.717, 1.165) is 5.56 Å². The van der Waals surface area contributed by atoms with E-state index in [4.69, 9.17) is 22.7 Å². The zero-order valence-corrected chi connectivity index (χ0v) is 8.04. The van der Waals surface area contributed by atoms with Gasteiger partial charge in [0.25, 0.3) is 0 Å². The first-order valence-electron chi connectivity index (χ1n) is 3.08. The van der Waals surface area contributed by atoms with Crippen molar-refractivity contribution in [2.75, 3.05) is 0 Å². The van der Waals surface area contributed by atoms with Crippen molar-refractivity contribution in [1.29, 1.82) is 5.41 Å². The number of nitrogens with zero attached hydrogens (tertiary/aromatic N) is 1. The predicted molar refractivity (Wildman–Crippen MR) is 52.2 cm³/mol. The van der Waals surface area contributed by atoms with Gasteiger partial charge in [0.1, 0.15) is 11.5 Å². The van der Waals surface area contributed by atoms with Crippen molar-refractivity contribution in [2.24, 2.45) is 5.73 Å². The van der Waals surface area contributed by atoms with E-state index in [1.54, 1.807) is 6.07 Å². The second kappa shape index (κ2) is 4.28. The molecule has 1 rings (SSSR count). The number of nitrogens with one attached hydrogen (secondary N) is 1. The molecule has 1 aromatic heterocycles. The molecule has 0 aliphatic carbocycles. The molecule has 0 aromatic carbocycles. The van der Waals surface area contributed by atoms with Gasteiger partial charge in [0.05, 0.1) is 5.02 Å². The van der Waals surface area contributed by atoms with E-state index in [-0.39, 0.29) is 18.2 Å². The fraction of sp³-hybridized carbons (Fsp3) is 0.143. The number of nitrogen functional groups attached to an aromatic ring is 1. The van der Waals surface area contributed by atoms with Crippen LogP contribution in [-0.2, 0) is 0 Å². The fourth-order valence-electron chi connectivity index (χ4n) is 0.822. The molecule has 0 fully saturated rings. The van der Waals surface area contributed by atoms with E-state index in [0.29, 0.717) is 10.7 Å². The van der Waals surface area contributed by atoms with Crippen molar-refractivity contribution in [3.8, 4) is 0 Å². The Labute approximate surface area is 81.9 Å². The summed E-state index contributed by atoms with van der Waals surface area (Å²) in [4.78, 5) is 3.90. The van der Waals surface area contributed by atoms with Crippen LogP contribution in [-0.4, -0.2) is 10.8 Å². The Hall–Kier alpha value is -0.800. The molecule has 0 saturated heterocycles. The van der Waals surface area contributed by atoms with Gasteiger partial charge in [-0.25, -0.2) is 0 Å². The molecule has 5 heteroatoms. The Balaban J connectivity index is 0.00000121. The van der Waals surface area contributed by atoms with E-state index < -0.39 is 0 Å². The summed E-state index contributed by atoms with van der Waals surface area (Å²) in [6.45, 7) is 1.82. The molecule has 0 bridgehead atoms. The van der Waals surface area contributed by atoms with Crippen molar-refractivity contribution < 1.29 is 0 Å². The molecule has 0 aliphatic rings. The van der Waals surface area contributed by atoms with Crippen molar-refractivity contribution in [3.63, 3.8) is 0 Å². The number of aryl methyl sites for hydroxylation is 1. The second-order valence-electron chi connectivity index (χ2n) is 2.23. The van der Waals surface area contributed by atoms with E-state index in [1.807, 2.05) is 6.92 Å². The number of halogens is 2. The number of hydrogen-bond acceptors (Lipinski definition) is 2. The predicted octanol–water partition coefficient (Wildman–Crippen LogP) is 1.75. The number of hydrogen-bond donors (Lipinski definition) is 2. The molecule has 0 unspecified atom stereocenters. The van der Waals surface area contributed by atoms with Crippen LogP contribution in [0.2, 0.25) is 5.02 Å². The lowest BCUT2D eigenvalue weighted by Gasteiger charge is -2.01.